The maximum Gasteiger partial charge on any atom is 0.255 e. The zero-order chi connectivity index (χ0) is 28.3. The topological polar surface area (TPSA) is 165 Å². The van der Waals surface area contributed by atoms with Crippen LogP contribution in [0.1, 0.15) is 48.2 Å². The number of likely N-dealkylation sites (N-methyl/N-ethyl adjacent to an activating group) is 1. The van der Waals surface area contributed by atoms with Crippen molar-refractivity contribution in [2.75, 3.05) is 27.2 Å². The van der Waals surface area contributed by atoms with E-state index in [2.05, 4.69) is 11.8 Å². The number of aromatic hydroxyl groups is 1. The summed E-state index contributed by atoms with van der Waals surface area (Å²) < 4.78 is 0. The van der Waals surface area contributed by atoms with Crippen molar-refractivity contribution in [2.24, 2.45) is 17.6 Å². The number of rotatable bonds is 7. The van der Waals surface area contributed by atoms with E-state index in [0.717, 1.165) is 19.5 Å². The van der Waals surface area contributed by atoms with Crippen LogP contribution >= 0.6 is 11.6 Å². The molecule has 1 aromatic rings. The van der Waals surface area contributed by atoms with Gasteiger partial charge in [-0.25, -0.2) is 0 Å². The van der Waals surface area contributed by atoms with Gasteiger partial charge in [-0.3, -0.25) is 24.2 Å². The van der Waals surface area contributed by atoms with Crippen LogP contribution in [0, 0.1) is 11.8 Å². The smallest absolute Gasteiger partial charge is 0.255 e. The standard InChI is InChI=1S/C27H34ClN3O7/c1-5-7-31(6-2)11-13-10-16(32)18-14(20(13)28)8-12-9-15-21(30(3)4)23(34)19(26(29)37)25(36)27(15,38)24(35)17(12)22(18)33/h10,12,15,21,32,34-35,38H,5-9,11H2,1-4H3,(H2,29,37)/t12-,15-,21-,27-/m0/s1. The fraction of sp³-hybridized carbons (Fsp3) is 0.519. The molecule has 10 nitrogen and oxygen atoms in total. The quantitative estimate of drug-likeness (QED) is 0.321. The maximum absolute atomic E-state index is 13.7. The van der Waals surface area contributed by atoms with E-state index in [4.69, 9.17) is 17.3 Å². The lowest BCUT2D eigenvalue weighted by Gasteiger charge is -2.50. The Morgan fingerprint density at radius 2 is 1.87 bits per heavy atom. The first kappa shape index (κ1) is 28.1. The summed E-state index contributed by atoms with van der Waals surface area (Å²) in [6, 6.07) is 0.401. The minimum Gasteiger partial charge on any atom is -0.510 e. The van der Waals surface area contributed by atoms with E-state index in [0.29, 0.717) is 22.7 Å². The van der Waals surface area contributed by atoms with Crippen molar-refractivity contribution in [3.63, 3.8) is 0 Å². The molecule has 0 saturated heterocycles. The molecule has 0 spiro atoms. The number of ketones is 2. The molecule has 0 radical (unpaired) electrons. The zero-order valence-electron chi connectivity index (χ0n) is 21.9. The number of hydrogen-bond acceptors (Lipinski definition) is 9. The summed E-state index contributed by atoms with van der Waals surface area (Å²) in [4.78, 5) is 42.8. The largest absolute Gasteiger partial charge is 0.510 e. The van der Waals surface area contributed by atoms with Crippen LogP contribution in [0.3, 0.4) is 0 Å². The number of phenolic OH excluding ortho intramolecular Hbond substituents is 1. The van der Waals surface area contributed by atoms with Crippen LogP contribution in [0.4, 0.5) is 0 Å². The summed E-state index contributed by atoms with van der Waals surface area (Å²) in [5.74, 6) is -6.81. The van der Waals surface area contributed by atoms with E-state index in [9.17, 15) is 34.8 Å². The van der Waals surface area contributed by atoms with Gasteiger partial charge >= 0.3 is 0 Å². The average molecular weight is 548 g/mol. The molecule has 0 bridgehead atoms. The summed E-state index contributed by atoms with van der Waals surface area (Å²) in [5, 5.41) is 45.1. The maximum atomic E-state index is 13.7. The molecule has 0 unspecified atom stereocenters. The molecular weight excluding hydrogens is 514 g/mol. The van der Waals surface area contributed by atoms with E-state index < -0.39 is 58.0 Å². The van der Waals surface area contributed by atoms with Crippen molar-refractivity contribution in [1.82, 2.24) is 9.80 Å². The lowest BCUT2D eigenvalue weighted by molar-refractivity contribution is -0.148. The molecule has 4 rings (SSSR count). The number of carbonyl (C=O) groups excluding carboxylic acids is 3. The first-order valence-corrected chi connectivity index (χ1v) is 13.1. The van der Waals surface area contributed by atoms with Crippen LogP contribution in [-0.4, -0.2) is 86.5 Å². The van der Waals surface area contributed by atoms with Crippen LogP contribution in [-0.2, 0) is 22.6 Å². The molecule has 4 atom stereocenters. The third-order valence-electron chi connectivity index (χ3n) is 8.11. The second-order valence-electron chi connectivity index (χ2n) is 10.6. The normalized spacial score (nSPS) is 27.1. The van der Waals surface area contributed by atoms with E-state index >= 15 is 0 Å². The number of primary amides is 1. The fourth-order valence-corrected chi connectivity index (χ4v) is 6.66. The van der Waals surface area contributed by atoms with Gasteiger partial charge in [0, 0.05) is 23.1 Å². The molecule has 0 fully saturated rings. The second kappa shape index (κ2) is 10.00. The Labute approximate surface area is 226 Å². The van der Waals surface area contributed by atoms with Gasteiger partial charge < -0.3 is 26.2 Å². The van der Waals surface area contributed by atoms with Crippen LogP contribution in [0.25, 0.3) is 0 Å². The van der Waals surface area contributed by atoms with Gasteiger partial charge in [-0.1, -0.05) is 25.4 Å². The number of Topliss-reactive ketones (excluding diaryl/α,β-unsaturated/α-hetero) is 2. The Hall–Kier alpha value is -2.92. The molecule has 0 heterocycles. The molecule has 3 aliphatic rings. The van der Waals surface area contributed by atoms with E-state index in [1.54, 1.807) is 14.1 Å². The highest BCUT2D eigenvalue weighted by molar-refractivity contribution is 6.33. The van der Waals surface area contributed by atoms with Gasteiger partial charge in [0.05, 0.1) is 11.6 Å². The molecule has 1 amide bonds. The molecule has 1 aromatic carbocycles. The second-order valence-corrected chi connectivity index (χ2v) is 10.9. The van der Waals surface area contributed by atoms with Crippen molar-refractivity contribution >= 4 is 29.1 Å². The van der Waals surface area contributed by atoms with Gasteiger partial charge in [0.15, 0.2) is 11.4 Å². The number of carbonyl (C=O) groups is 3. The molecule has 6 N–H and O–H groups in total. The van der Waals surface area contributed by atoms with E-state index in [1.807, 2.05) is 6.92 Å². The number of nitrogens with two attached hydrogens (primary N) is 1. The number of amides is 1. The van der Waals surface area contributed by atoms with Gasteiger partial charge in [0.25, 0.3) is 5.91 Å². The summed E-state index contributed by atoms with van der Waals surface area (Å²) in [7, 11) is 3.18. The summed E-state index contributed by atoms with van der Waals surface area (Å²) in [6.45, 7) is 6.17. The van der Waals surface area contributed by atoms with Crippen LogP contribution in [0.2, 0.25) is 5.02 Å². The first-order chi connectivity index (χ1) is 17.8. The highest BCUT2D eigenvalue weighted by Crippen LogP contribution is 2.53. The molecular formula is C27H34ClN3O7. The minimum absolute atomic E-state index is 0.0179. The van der Waals surface area contributed by atoms with Crippen molar-refractivity contribution in [1.29, 1.82) is 0 Å². The predicted octanol–water partition coefficient (Wildman–Crippen LogP) is 2.01. The number of benzene rings is 1. The Morgan fingerprint density at radius 1 is 1.21 bits per heavy atom. The third-order valence-corrected chi connectivity index (χ3v) is 8.58. The van der Waals surface area contributed by atoms with Gasteiger partial charge in [0.1, 0.15) is 22.8 Å². The van der Waals surface area contributed by atoms with Gasteiger partial charge in [-0.15, -0.1) is 0 Å². The Morgan fingerprint density at radius 3 is 2.42 bits per heavy atom. The summed E-state index contributed by atoms with van der Waals surface area (Å²) in [6.07, 6.45) is 1.11. The molecule has 0 aliphatic heterocycles. The summed E-state index contributed by atoms with van der Waals surface area (Å²) >= 11 is 6.80. The zero-order valence-corrected chi connectivity index (χ0v) is 22.7. The third kappa shape index (κ3) is 4.02. The minimum atomic E-state index is -2.66. The molecule has 11 heteroatoms. The van der Waals surface area contributed by atoms with Crippen LogP contribution in [0.5, 0.6) is 5.75 Å². The lowest BCUT2D eigenvalue weighted by atomic mass is 9.58. The van der Waals surface area contributed by atoms with Gasteiger partial charge in [-0.05, 0) is 69.6 Å². The molecule has 3 aliphatic carbocycles. The first-order valence-electron chi connectivity index (χ1n) is 12.7. The van der Waals surface area contributed by atoms with Crippen molar-refractivity contribution in [3.8, 4) is 5.75 Å². The fourth-order valence-electron chi connectivity index (χ4n) is 6.37. The Kier molecular flexibility index (Phi) is 7.39. The summed E-state index contributed by atoms with van der Waals surface area (Å²) in [5.41, 5.74) is 2.67. The number of aliphatic hydroxyl groups excluding tert-OH is 2. The molecule has 38 heavy (non-hydrogen) atoms. The molecule has 0 aromatic heterocycles. The van der Waals surface area contributed by atoms with Crippen molar-refractivity contribution in [3.05, 3.63) is 50.4 Å². The molecule has 0 saturated carbocycles. The number of aliphatic hydroxyl groups is 3. The SMILES string of the molecule is CCCN(CC)Cc1cc(O)c2c(c1Cl)C[C@H]1C[C@H]3[C@H](N(C)C)C(O)=C(C(N)=O)C(=O)[C@@]3(O)C(O)=C1C2=O. The van der Waals surface area contributed by atoms with Crippen LogP contribution < -0.4 is 5.73 Å². The number of fused-ring (bicyclic) bond motifs is 3. The highest BCUT2D eigenvalue weighted by Gasteiger charge is 2.63. The van der Waals surface area contributed by atoms with Gasteiger partial charge in [0.2, 0.25) is 5.78 Å². The monoisotopic (exact) mass is 547 g/mol. The van der Waals surface area contributed by atoms with Crippen molar-refractivity contribution < 1.29 is 34.8 Å². The number of phenols is 1. The van der Waals surface area contributed by atoms with Crippen molar-refractivity contribution in [2.45, 2.75) is 51.3 Å². The number of nitrogens with zero attached hydrogens (tertiary/aromatic N) is 2. The number of halogens is 1. The average Bonchev–Trinajstić information content (AvgIpc) is 2.83. The van der Waals surface area contributed by atoms with E-state index in [1.165, 1.54) is 11.0 Å². The highest BCUT2D eigenvalue weighted by atomic mass is 35.5. The lowest BCUT2D eigenvalue weighted by Crippen LogP contribution is -2.63. The van der Waals surface area contributed by atoms with Crippen LogP contribution in [0.15, 0.2) is 28.7 Å². The Bertz CT molecular complexity index is 1290. The molecule has 206 valence electrons. The number of hydrogen-bond donors (Lipinski definition) is 5. The van der Waals surface area contributed by atoms with Gasteiger partial charge in [-0.2, -0.15) is 0 Å². The number of allylic oxidation sites excluding steroid dienone is 1. The van der Waals surface area contributed by atoms with E-state index in [-0.39, 0.29) is 29.7 Å². The predicted molar refractivity (Wildman–Crippen MR) is 140 cm³/mol. The Balaban J connectivity index is 1.87.